The summed E-state index contributed by atoms with van der Waals surface area (Å²) < 4.78 is 12.2. The molecule has 5 heteroatoms. The molecular formula is C34H51N3O2. The Morgan fingerprint density at radius 2 is 1.82 bits per heavy atom. The number of ether oxygens (including phenoxy) is 2. The molecule has 1 aromatic carbocycles. The molecule has 0 aromatic heterocycles. The van der Waals surface area contributed by atoms with Gasteiger partial charge in [-0.05, 0) is 75.1 Å². The molecular weight excluding hydrogens is 482 g/mol. The summed E-state index contributed by atoms with van der Waals surface area (Å²) in [6.45, 7) is 19.8. The second-order valence-electron chi connectivity index (χ2n) is 9.94. The summed E-state index contributed by atoms with van der Waals surface area (Å²) in [6.07, 6.45) is 18.7. The monoisotopic (exact) mass is 533 g/mol. The topological polar surface area (TPSA) is 46.1 Å². The van der Waals surface area contributed by atoms with Gasteiger partial charge in [0.25, 0.3) is 0 Å². The Morgan fingerprint density at radius 3 is 2.46 bits per heavy atom. The van der Waals surface area contributed by atoms with Gasteiger partial charge >= 0.3 is 0 Å². The highest BCUT2D eigenvalue weighted by atomic mass is 16.5. The van der Waals surface area contributed by atoms with E-state index in [1.165, 1.54) is 18.4 Å². The number of hydrogen-bond acceptors (Lipinski definition) is 5. The molecule has 0 spiro atoms. The van der Waals surface area contributed by atoms with Gasteiger partial charge in [0.2, 0.25) is 0 Å². The molecule has 0 fully saturated rings. The van der Waals surface area contributed by atoms with E-state index in [0.29, 0.717) is 13.2 Å². The van der Waals surface area contributed by atoms with Gasteiger partial charge in [0.15, 0.2) is 0 Å². The van der Waals surface area contributed by atoms with Crippen molar-refractivity contribution in [1.29, 1.82) is 0 Å². The summed E-state index contributed by atoms with van der Waals surface area (Å²) in [7, 11) is 0. The first kappa shape index (κ1) is 32.2. The lowest BCUT2D eigenvalue weighted by Gasteiger charge is -2.23. The van der Waals surface area contributed by atoms with Crippen LogP contribution in [0.5, 0.6) is 5.75 Å². The van der Waals surface area contributed by atoms with Gasteiger partial charge in [-0.25, -0.2) is 0 Å². The maximum atomic E-state index is 6.17. The standard InChI is InChI=1S/C34H51N3O2/c1-7-12-15-29(16-13-8-2)28(6)36-34-25-32(19-17-30(34)14-9-3)39-27-31-18-20-33(26-35-31)38-24-23-37(21-10-4)22-11-5/h7,12,15-20,25,35H,1,8-11,13-14,21-24,26-27H2,2-6H3/b15-12-,29-16+,36-28?. The molecule has 1 heterocycles. The predicted molar refractivity (Wildman–Crippen MR) is 168 cm³/mol. The molecule has 0 atom stereocenters. The average Bonchev–Trinajstić information content (AvgIpc) is 2.94. The maximum absolute atomic E-state index is 6.17. The first-order valence-electron chi connectivity index (χ1n) is 14.8. The van der Waals surface area contributed by atoms with Gasteiger partial charge in [-0.2, -0.15) is 0 Å². The number of allylic oxidation sites excluding steroid dienone is 7. The van der Waals surface area contributed by atoms with Crippen LogP contribution in [0.2, 0.25) is 0 Å². The average molecular weight is 534 g/mol. The third-order valence-corrected chi connectivity index (χ3v) is 6.48. The molecule has 1 aliphatic heterocycles. The summed E-state index contributed by atoms with van der Waals surface area (Å²) in [5.41, 5.74) is 5.39. The van der Waals surface area contributed by atoms with Crippen LogP contribution >= 0.6 is 0 Å². The molecule has 39 heavy (non-hydrogen) atoms. The van der Waals surface area contributed by atoms with Crippen molar-refractivity contribution in [3.05, 3.63) is 83.8 Å². The fourth-order valence-electron chi connectivity index (χ4n) is 4.42. The number of dihydropyridines is 1. The minimum absolute atomic E-state index is 0.476. The predicted octanol–water partition coefficient (Wildman–Crippen LogP) is 8.09. The van der Waals surface area contributed by atoms with Crippen LogP contribution < -0.4 is 10.1 Å². The SMILES string of the molecule is C=C/C=C\C(=C/CCC)C(C)=Nc1cc(OCC2=CC=C(OCCN(CCC)CCC)CN2)ccc1CCC. The molecule has 2 rings (SSSR count). The Hall–Kier alpha value is -3.05. The first-order chi connectivity index (χ1) is 19.0. The fraction of sp³-hybridized carbons (Fsp3) is 0.500. The van der Waals surface area contributed by atoms with Crippen molar-refractivity contribution in [2.75, 3.05) is 39.4 Å². The van der Waals surface area contributed by atoms with E-state index in [0.717, 1.165) is 86.1 Å². The summed E-state index contributed by atoms with van der Waals surface area (Å²) in [6, 6.07) is 6.26. The minimum Gasteiger partial charge on any atom is -0.495 e. The van der Waals surface area contributed by atoms with Gasteiger partial charge in [0.05, 0.1) is 12.2 Å². The van der Waals surface area contributed by atoms with Crippen LogP contribution in [0, 0.1) is 0 Å². The van der Waals surface area contributed by atoms with E-state index in [-0.39, 0.29) is 0 Å². The lowest BCUT2D eigenvalue weighted by molar-refractivity contribution is 0.152. The second kappa shape index (κ2) is 19.1. The number of unbranched alkanes of at least 4 members (excludes halogenated alkanes) is 1. The van der Waals surface area contributed by atoms with Crippen molar-refractivity contribution in [3.63, 3.8) is 0 Å². The number of nitrogens with one attached hydrogen (secondary N) is 1. The van der Waals surface area contributed by atoms with E-state index in [1.807, 2.05) is 6.08 Å². The van der Waals surface area contributed by atoms with Crippen LogP contribution in [0.3, 0.4) is 0 Å². The normalized spacial score (nSPS) is 14.3. The molecule has 0 bridgehead atoms. The number of hydrogen-bond donors (Lipinski definition) is 1. The van der Waals surface area contributed by atoms with E-state index < -0.39 is 0 Å². The summed E-state index contributed by atoms with van der Waals surface area (Å²) in [4.78, 5) is 7.51. The van der Waals surface area contributed by atoms with E-state index >= 15 is 0 Å². The minimum atomic E-state index is 0.476. The van der Waals surface area contributed by atoms with Crippen molar-refractivity contribution >= 4 is 11.4 Å². The molecule has 1 aliphatic rings. The molecule has 214 valence electrons. The first-order valence-corrected chi connectivity index (χ1v) is 14.8. The summed E-state index contributed by atoms with van der Waals surface area (Å²) in [5, 5.41) is 3.44. The number of aliphatic imine (C=N–C) groups is 1. The van der Waals surface area contributed by atoms with Crippen molar-refractivity contribution in [2.24, 2.45) is 4.99 Å². The van der Waals surface area contributed by atoms with Crippen molar-refractivity contribution in [1.82, 2.24) is 10.2 Å². The Labute approximate surface area is 238 Å². The highest BCUT2D eigenvalue weighted by Crippen LogP contribution is 2.28. The van der Waals surface area contributed by atoms with Gasteiger partial charge in [-0.15, -0.1) is 0 Å². The quantitative estimate of drug-likeness (QED) is 0.144. The van der Waals surface area contributed by atoms with Crippen LogP contribution in [0.25, 0.3) is 0 Å². The van der Waals surface area contributed by atoms with Crippen molar-refractivity contribution in [3.8, 4) is 5.75 Å². The van der Waals surface area contributed by atoms with Crippen molar-refractivity contribution in [2.45, 2.75) is 73.1 Å². The van der Waals surface area contributed by atoms with E-state index in [1.54, 1.807) is 6.08 Å². The molecule has 0 radical (unpaired) electrons. The molecule has 0 unspecified atom stereocenters. The Balaban J connectivity index is 2.05. The molecule has 0 aliphatic carbocycles. The van der Waals surface area contributed by atoms with E-state index in [4.69, 9.17) is 14.5 Å². The lowest BCUT2D eigenvalue weighted by Crippen LogP contribution is -2.30. The maximum Gasteiger partial charge on any atom is 0.128 e. The number of nitrogens with zero attached hydrogens (tertiary/aromatic N) is 2. The Bertz CT molecular complexity index is 1030. The Morgan fingerprint density at radius 1 is 1.03 bits per heavy atom. The summed E-state index contributed by atoms with van der Waals surface area (Å²) >= 11 is 0. The highest BCUT2D eigenvalue weighted by molar-refractivity contribution is 6.02. The largest absolute Gasteiger partial charge is 0.495 e. The third-order valence-electron chi connectivity index (χ3n) is 6.48. The molecule has 0 amide bonds. The van der Waals surface area contributed by atoms with E-state index in [2.05, 4.69) is 93.9 Å². The fourth-order valence-corrected chi connectivity index (χ4v) is 4.42. The van der Waals surface area contributed by atoms with Crippen LogP contribution in [-0.2, 0) is 11.2 Å². The Kier molecular flexibility index (Phi) is 15.7. The van der Waals surface area contributed by atoms with Crippen LogP contribution in [0.1, 0.15) is 72.3 Å². The summed E-state index contributed by atoms with van der Waals surface area (Å²) in [5.74, 6) is 1.79. The number of rotatable bonds is 19. The number of aryl methyl sites for hydroxylation is 1. The third kappa shape index (κ3) is 12.1. The van der Waals surface area contributed by atoms with Gasteiger partial charge in [-0.3, -0.25) is 9.89 Å². The van der Waals surface area contributed by atoms with E-state index in [9.17, 15) is 0 Å². The smallest absolute Gasteiger partial charge is 0.128 e. The van der Waals surface area contributed by atoms with Gasteiger partial charge in [-0.1, -0.05) is 77.5 Å². The zero-order chi connectivity index (χ0) is 28.3. The molecule has 1 aromatic rings. The zero-order valence-electron chi connectivity index (χ0n) is 25.1. The van der Waals surface area contributed by atoms with Crippen LogP contribution in [0.15, 0.2) is 83.3 Å². The zero-order valence-corrected chi connectivity index (χ0v) is 25.1. The second-order valence-corrected chi connectivity index (χ2v) is 9.94. The van der Waals surface area contributed by atoms with Gasteiger partial charge in [0.1, 0.15) is 24.7 Å². The van der Waals surface area contributed by atoms with Crippen LogP contribution in [-0.4, -0.2) is 50.0 Å². The van der Waals surface area contributed by atoms with Gasteiger partial charge < -0.3 is 14.8 Å². The van der Waals surface area contributed by atoms with Crippen molar-refractivity contribution < 1.29 is 9.47 Å². The van der Waals surface area contributed by atoms with Gasteiger partial charge in [0, 0.05) is 24.0 Å². The number of benzene rings is 1. The lowest BCUT2D eigenvalue weighted by atomic mass is 10.1. The molecule has 1 N–H and O–H groups in total. The van der Waals surface area contributed by atoms with Crippen LogP contribution in [0.4, 0.5) is 5.69 Å². The molecule has 5 nitrogen and oxygen atoms in total. The molecule has 0 saturated carbocycles. The molecule has 0 saturated heterocycles. The highest BCUT2D eigenvalue weighted by Gasteiger charge is 2.10.